The molecular formula is C46H53N7O4. The molecule has 9 rings (SSSR count). The van der Waals surface area contributed by atoms with Crippen molar-refractivity contribution in [2.75, 3.05) is 68.7 Å². The van der Waals surface area contributed by atoms with E-state index in [-0.39, 0.29) is 34.8 Å². The van der Waals surface area contributed by atoms with Crippen LogP contribution >= 0.6 is 0 Å². The highest BCUT2D eigenvalue weighted by Gasteiger charge is 2.53. The van der Waals surface area contributed by atoms with Crippen LogP contribution in [-0.4, -0.2) is 102 Å². The number of benzene rings is 3. The van der Waals surface area contributed by atoms with Gasteiger partial charge in [0.05, 0.1) is 28.9 Å². The minimum absolute atomic E-state index is 0.176. The third kappa shape index (κ3) is 7.49. The van der Waals surface area contributed by atoms with Crippen molar-refractivity contribution in [3.05, 3.63) is 102 Å². The Labute approximate surface area is 335 Å². The summed E-state index contributed by atoms with van der Waals surface area (Å²) in [5.74, 6) is 0.550. The first-order chi connectivity index (χ1) is 27.8. The summed E-state index contributed by atoms with van der Waals surface area (Å²) in [6.45, 7) is 8.61. The first kappa shape index (κ1) is 37.3. The normalized spacial score (nSPS) is 22.6. The number of phenolic OH excluding ortho intramolecular Hbond substituents is 1. The molecule has 0 unspecified atom stereocenters. The van der Waals surface area contributed by atoms with Gasteiger partial charge in [0.15, 0.2) is 0 Å². The topological polar surface area (TPSA) is 122 Å². The number of hydrogen-bond acceptors (Lipinski definition) is 9. The maximum Gasteiger partial charge on any atom is 0.234 e. The van der Waals surface area contributed by atoms with Crippen molar-refractivity contribution in [1.82, 2.24) is 25.3 Å². The summed E-state index contributed by atoms with van der Waals surface area (Å²) in [6.07, 6.45) is 8.86. The molecule has 1 spiro atoms. The van der Waals surface area contributed by atoms with Gasteiger partial charge in [-0.25, -0.2) is 0 Å². The molecule has 5 saturated heterocycles. The molecule has 5 fully saturated rings. The number of hydrogen-bond donors (Lipinski definition) is 2. The fourth-order valence-corrected chi connectivity index (χ4v) is 10.3. The summed E-state index contributed by atoms with van der Waals surface area (Å²) in [4.78, 5) is 48.1. The molecule has 0 radical (unpaired) electrons. The lowest BCUT2D eigenvalue weighted by molar-refractivity contribution is -0.154. The Balaban J connectivity index is 0.764. The molecule has 5 aliphatic heterocycles. The number of anilines is 2. The van der Waals surface area contributed by atoms with Crippen LogP contribution in [0.1, 0.15) is 68.4 Å². The van der Waals surface area contributed by atoms with E-state index in [9.17, 15) is 19.5 Å². The van der Waals surface area contributed by atoms with Crippen molar-refractivity contribution in [2.45, 2.75) is 62.7 Å². The predicted molar refractivity (Wildman–Crippen MR) is 220 cm³/mol. The number of nitrogens with zero attached hydrogens (tertiary/aromatic N) is 6. The Morgan fingerprint density at radius 3 is 2.16 bits per heavy atom. The number of aromatic nitrogens is 2. The minimum atomic E-state index is -0.550. The van der Waals surface area contributed by atoms with Gasteiger partial charge in [-0.1, -0.05) is 54.6 Å². The van der Waals surface area contributed by atoms with Crippen LogP contribution in [0.4, 0.5) is 11.4 Å². The molecular weight excluding hydrogens is 715 g/mol. The third-order valence-electron chi connectivity index (χ3n) is 13.8. The number of rotatable bonds is 8. The summed E-state index contributed by atoms with van der Waals surface area (Å²) in [7, 11) is 0. The van der Waals surface area contributed by atoms with Gasteiger partial charge in [0.2, 0.25) is 17.7 Å². The first-order valence-electron chi connectivity index (χ1n) is 20.9. The van der Waals surface area contributed by atoms with Crippen molar-refractivity contribution in [3.8, 4) is 17.0 Å². The second kappa shape index (κ2) is 15.6. The number of imide groups is 1. The van der Waals surface area contributed by atoms with E-state index in [0.29, 0.717) is 30.0 Å². The van der Waals surface area contributed by atoms with Crippen LogP contribution in [0.25, 0.3) is 11.3 Å². The maximum absolute atomic E-state index is 14.6. The lowest BCUT2D eigenvalue weighted by Crippen LogP contribution is -2.66. The summed E-state index contributed by atoms with van der Waals surface area (Å²) >= 11 is 0. The van der Waals surface area contributed by atoms with Crippen LogP contribution < -0.4 is 15.1 Å². The van der Waals surface area contributed by atoms with Crippen LogP contribution in [-0.2, 0) is 19.8 Å². The highest BCUT2D eigenvalue weighted by Crippen LogP contribution is 2.46. The molecule has 0 bridgehead atoms. The zero-order valence-corrected chi connectivity index (χ0v) is 32.7. The molecule has 11 heteroatoms. The number of aromatic hydroxyl groups is 1. The number of likely N-dealkylation sites (tertiary alicyclic amines) is 2. The average molecular weight is 768 g/mol. The van der Waals surface area contributed by atoms with Gasteiger partial charge in [-0.2, -0.15) is 10.2 Å². The Bertz CT molecular complexity index is 2080. The number of carbonyl (C=O) groups is 3. The van der Waals surface area contributed by atoms with E-state index in [0.717, 1.165) is 101 Å². The third-order valence-corrected chi connectivity index (χ3v) is 13.8. The van der Waals surface area contributed by atoms with Gasteiger partial charge in [0.25, 0.3) is 0 Å². The van der Waals surface area contributed by atoms with Crippen LogP contribution in [0.2, 0.25) is 0 Å². The summed E-state index contributed by atoms with van der Waals surface area (Å²) in [6, 6.07) is 28.0. The Kier molecular flexibility index (Phi) is 10.2. The molecule has 3 aromatic carbocycles. The second-order valence-electron chi connectivity index (χ2n) is 17.2. The SMILES string of the molecule is O=C1CC[C@H](c2ccc(N3CCC(CN4CCC5(CC4)CN(C(=O)C4(c6ccccc6)CCN(c6cnnc(-c7ccccc7O)c6)CC4)C5)CC3)cc2)C(=O)N1. The number of phenols is 1. The van der Waals surface area contributed by atoms with E-state index in [2.05, 4.69) is 83.6 Å². The number of piperidine rings is 4. The van der Waals surface area contributed by atoms with E-state index in [1.807, 2.05) is 24.3 Å². The van der Waals surface area contributed by atoms with Crippen molar-refractivity contribution in [3.63, 3.8) is 0 Å². The van der Waals surface area contributed by atoms with Gasteiger partial charge < -0.3 is 24.7 Å². The number of nitrogens with one attached hydrogen (secondary N) is 1. The zero-order valence-electron chi connectivity index (χ0n) is 32.7. The molecule has 3 amide bonds. The Morgan fingerprint density at radius 2 is 1.46 bits per heavy atom. The minimum Gasteiger partial charge on any atom is -0.507 e. The molecule has 296 valence electrons. The van der Waals surface area contributed by atoms with E-state index in [1.165, 1.54) is 18.5 Å². The van der Waals surface area contributed by atoms with E-state index in [4.69, 9.17) is 0 Å². The quantitative estimate of drug-likeness (QED) is 0.216. The number of carbonyl (C=O) groups excluding carboxylic acids is 3. The summed E-state index contributed by atoms with van der Waals surface area (Å²) < 4.78 is 0. The molecule has 0 aliphatic carbocycles. The number of para-hydroxylation sites is 1. The molecule has 1 atom stereocenters. The van der Waals surface area contributed by atoms with Crippen molar-refractivity contribution in [1.29, 1.82) is 0 Å². The molecule has 5 aliphatic rings. The van der Waals surface area contributed by atoms with E-state index < -0.39 is 5.41 Å². The van der Waals surface area contributed by atoms with Gasteiger partial charge >= 0.3 is 0 Å². The second-order valence-corrected chi connectivity index (χ2v) is 17.2. The van der Waals surface area contributed by atoms with E-state index in [1.54, 1.807) is 18.3 Å². The van der Waals surface area contributed by atoms with Gasteiger partial charge in [-0.15, -0.1) is 0 Å². The predicted octanol–water partition coefficient (Wildman–Crippen LogP) is 5.75. The summed E-state index contributed by atoms with van der Waals surface area (Å²) in [5, 5.41) is 21.5. The molecule has 11 nitrogen and oxygen atoms in total. The highest BCUT2D eigenvalue weighted by atomic mass is 16.3. The Morgan fingerprint density at radius 1 is 0.772 bits per heavy atom. The Hall–Kier alpha value is -5.29. The number of amides is 3. The van der Waals surface area contributed by atoms with Crippen molar-refractivity contribution < 1.29 is 19.5 Å². The van der Waals surface area contributed by atoms with Gasteiger partial charge in [0, 0.05) is 68.9 Å². The monoisotopic (exact) mass is 767 g/mol. The standard InChI is InChI=1S/C46H53N7O4/c54-41-9-5-4-8-39(41)40-28-37(29-47-49-40)52-26-20-46(21-27-52,35-6-2-1-3-7-35)44(57)53-31-45(32-53)18-24-50(25-19-45)30-33-16-22-51(23-17-33)36-12-10-34(11-13-36)38-14-15-42(55)48-43(38)56/h1-13,28-29,33,38,54H,14-27,30-32H2,(H,48,55,56)/t38-/m1/s1. The van der Waals surface area contributed by atoms with Crippen LogP contribution in [0.15, 0.2) is 91.1 Å². The van der Waals surface area contributed by atoms with Crippen LogP contribution in [0.3, 0.4) is 0 Å². The fourth-order valence-electron chi connectivity index (χ4n) is 10.3. The first-order valence-corrected chi connectivity index (χ1v) is 20.9. The fraction of sp³-hybridized carbons (Fsp3) is 0.457. The molecule has 57 heavy (non-hydrogen) atoms. The van der Waals surface area contributed by atoms with E-state index >= 15 is 0 Å². The molecule has 6 heterocycles. The van der Waals surface area contributed by atoms with Gasteiger partial charge in [0.1, 0.15) is 5.75 Å². The van der Waals surface area contributed by atoms with Gasteiger partial charge in [-0.3, -0.25) is 19.7 Å². The smallest absolute Gasteiger partial charge is 0.234 e. The molecule has 1 aromatic heterocycles. The van der Waals surface area contributed by atoms with Crippen LogP contribution in [0, 0.1) is 11.3 Å². The summed E-state index contributed by atoms with van der Waals surface area (Å²) in [5.41, 5.74) is 5.24. The van der Waals surface area contributed by atoms with Crippen LogP contribution in [0.5, 0.6) is 5.75 Å². The molecule has 0 saturated carbocycles. The maximum atomic E-state index is 14.6. The lowest BCUT2D eigenvalue weighted by atomic mass is 9.67. The highest BCUT2D eigenvalue weighted by molar-refractivity contribution is 6.01. The molecule has 4 aromatic rings. The zero-order chi connectivity index (χ0) is 39.0. The molecule has 2 N–H and O–H groups in total. The van der Waals surface area contributed by atoms with Crippen molar-refractivity contribution in [2.24, 2.45) is 11.3 Å². The largest absolute Gasteiger partial charge is 0.507 e. The van der Waals surface area contributed by atoms with Crippen molar-refractivity contribution >= 4 is 29.1 Å². The van der Waals surface area contributed by atoms with Gasteiger partial charge in [-0.05, 0) is 105 Å². The lowest BCUT2D eigenvalue weighted by Gasteiger charge is -2.57. The average Bonchev–Trinajstić information content (AvgIpc) is 3.24.